The van der Waals surface area contributed by atoms with Gasteiger partial charge in [-0.05, 0) is 49.6 Å². The van der Waals surface area contributed by atoms with Crippen molar-refractivity contribution in [1.82, 2.24) is 9.88 Å². The van der Waals surface area contributed by atoms with E-state index < -0.39 is 0 Å². The molecule has 2 fully saturated rings. The van der Waals surface area contributed by atoms with Crippen LogP contribution in [0, 0.1) is 6.92 Å². The number of aryl methyl sites for hydroxylation is 1. The van der Waals surface area contributed by atoms with Crippen molar-refractivity contribution >= 4 is 69.8 Å². The van der Waals surface area contributed by atoms with Crippen LogP contribution in [0.5, 0.6) is 5.75 Å². The predicted molar refractivity (Wildman–Crippen MR) is 136 cm³/mol. The van der Waals surface area contributed by atoms with E-state index in [1.807, 2.05) is 31.2 Å². The van der Waals surface area contributed by atoms with Crippen LogP contribution in [0.25, 0.3) is 21.3 Å². The number of likely N-dealkylation sites (tertiary alicyclic amines) is 1. The van der Waals surface area contributed by atoms with Crippen molar-refractivity contribution in [2.45, 2.75) is 51.3 Å². The Balaban J connectivity index is 0.00000153. The number of nitrogens with zero attached hydrogens (tertiary/aromatic N) is 2. The van der Waals surface area contributed by atoms with Gasteiger partial charge in [-0.2, -0.15) is 0 Å². The zero-order chi connectivity index (χ0) is 21.7. The molecule has 2 amide bonds. The van der Waals surface area contributed by atoms with Crippen LogP contribution in [0.3, 0.4) is 0 Å². The maximum Gasteiger partial charge on any atom is 0.230 e. The largest absolute Gasteiger partial charge is 0.489 e. The van der Waals surface area contributed by atoms with Gasteiger partial charge in [0.25, 0.3) is 0 Å². The van der Waals surface area contributed by atoms with Crippen LogP contribution in [0.15, 0.2) is 30.5 Å². The highest BCUT2D eigenvalue weighted by molar-refractivity contribution is 7.19. The van der Waals surface area contributed by atoms with E-state index >= 15 is 0 Å². The molecule has 5 rings (SSSR count). The van der Waals surface area contributed by atoms with Gasteiger partial charge in [0.05, 0.1) is 16.8 Å². The average Bonchev–Trinajstić information content (AvgIpc) is 3.26. The molecule has 1 aliphatic heterocycles. The summed E-state index contributed by atoms with van der Waals surface area (Å²) in [6, 6.07) is 7.93. The standard InChI is InChI=1S/C23H22ClN3O3S.2ClH/c1-12-6-13(24)7-18(22(12)30-15-8-14(25)9-15)17-4-5-26-19-10-16(31-23(17)19)11-27-20(28)2-3-21(27)29;;/h4-7,10,14-15H,2-3,8-9,11,25H2,1H3;2*1H. The van der Waals surface area contributed by atoms with Crippen molar-refractivity contribution < 1.29 is 14.3 Å². The van der Waals surface area contributed by atoms with Crippen LogP contribution >= 0.6 is 47.8 Å². The van der Waals surface area contributed by atoms with Gasteiger partial charge in [-0.15, -0.1) is 36.2 Å². The van der Waals surface area contributed by atoms with E-state index in [0.717, 1.165) is 50.4 Å². The maximum atomic E-state index is 12.0. The number of hydrogen-bond acceptors (Lipinski definition) is 6. The molecule has 1 saturated heterocycles. The van der Waals surface area contributed by atoms with Crippen LogP contribution in [0.4, 0.5) is 0 Å². The quantitative estimate of drug-likeness (QED) is 0.455. The first-order chi connectivity index (χ1) is 14.9. The van der Waals surface area contributed by atoms with E-state index in [-0.39, 0.29) is 55.3 Å². The average molecular weight is 529 g/mol. The molecule has 1 saturated carbocycles. The summed E-state index contributed by atoms with van der Waals surface area (Å²) in [4.78, 5) is 30.8. The van der Waals surface area contributed by atoms with Crippen molar-refractivity contribution in [3.63, 3.8) is 0 Å². The van der Waals surface area contributed by atoms with Crippen molar-refractivity contribution in [2.24, 2.45) is 5.73 Å². The monoisotopic (exact) mass is 527 g/mol. The van der Waals surface area contributed by atoms with Crippen molar-refractivity contribution in [2.75, 3.05) is 0 Å². The van der Waals surface area contributed by atoms with Crippen LogP contribution in [0.1, 0.15) is 36.1 Å². The number of aromatic nitrogens is 1. The maximum absolute atomic E-state index is 12.0. The third-order valence-electron chi connectivity index (χ3n) is 5.88. The first kappa shape index (κ1) is 25.7. The number of halogens is 3. The fourth-order valence-corrected chi connectivity index (χ4v) is 5.59. The van der Waals surface area contributed by atoms with Crippen molar-refractivity contribution in [3.8, 4) is 16.9 Å². The first-order valence-corrected chi connectivity index (χ1v) is 11.5. The second-order valence-corrected chi connectivity index (χ2v) is 9.80. The Labute approximate surface area is 213 Å². The van der Waals surface area contributed by atoms with Crippen molar-refractivity contribution in [3.05, 3.63) is 45.9 Å². The summed E-state index contributed by atoms with van der Waals surface area (Å²) in [6.45, 7) is 2.28. The molecule has 1 aromatic carbocycles. The molecule has 6 nitrogen and oxygen atoms in total. The molecule has 0 bridgehead atoms. The summed E-state index contributed by atoms with van der Waals surface area (Å²) < 4.78 is 7.31. The number of rotatable bonds is 5. The molecule has 0 spiro atoms. The minimum absolute atomic E-state index is 0. The molecular weight excluding hydrogens is 505 g/mol. The third kappa shape index (κ3) is 4.98. The van der Waals surface area contributed by atoms with Crippen molar-refractivity contribution in [1.29, 1.82) is 0 Å². The zero-order valence-corrected chi connectivity index (χ0v) is 21.1. The van der Waals surface area contributed by atoms with Gasteiger partial charge in [0.15, 0.2) is 0 Å². The Bertz CT molecular complexity index is 1190. The van der Waals surface area contributed by atoms with Gasteiger partial charge >= 0.3 is 0 Å². The topological polar surface area (TPSA) is 85.5 Å². The van der Waals surface area contributed by atoms with E-state index in [2.05, 4.69) is 4.98 Å². The smallest absolute Gasteiger partial charge is 0.230 e. The van der Waals surface area contributed by atoms with Gasteiger partial charge in [-0.25, -0.2) is 0 Å². The van der Waals surface area contributed by atoms with Gasteiger partial charge in [0.1, 0.15) is 11.9 Å². The van der Waals surface area contributed by atoms with Crippen LogP contribution in [-0.2, 0) is 16.1 Å². The molecule has 0 unspecified atom stereocenters. The number of hydrogen-bond donors (Lipinski definition) is 1. The highest BCUT2D eigenvalue weighted by atomic mass is 35.5. The number of imide groups is 1. The first-order valence-electron chi connectivity index (χ1n) is 10.3. The Morgan fingerprint density at radius 3 is 2.52 bits per heavy atom. The van der Waals surface area contributed by atoms with E-state index in [1.165, 1.54) is 4.90 Å². The highest BCUT2D eigenvalue weighted by Crippen LogP contribution is 2.43. The number of benzene rings is 1. The lowest BCUT2D eigenvalue weighted by molar-refractivity contribution is -0.138. The third-order valence-corrected chi connectivity index (χ3v) is 7.24. The molecule has 176 valence electrons. The number of fused-ring (bicyclic) bond motifs is 1. The normalized spacial score (nSPS) is 19.8. The van der Waals surface area contributed by atoms with Crippen LogP contribution in [-0.4, -0.2) is 33.8 Å². The fourth-order valence-electron chi connectivity index (χ4n) is 4.19. The lowest BCUT2D eigenvalue weighted by Crippen LogP contribution is -2.43. The van der Waals surface area contributed by atoms with E-state index in [9.17, 15) is 9.59 Å². The lowest BCUT2D eigenvalue weighted by Gasteiger charge is -2.33. The molecule has 2 aromatic heterocycles. The Hall–Kier alpha value is -1.90. The summed E-state index contributed by atoms with van der Waals surface area (Å²) in [7, 11) is 0. The van der Waals surface area contributed by atoms with E-state index in [4.69, 9.17) is 22.1 Å². The minimum atomic E-state index is -0.115. The summed E-state index contributed by atoms with van der Waals surface area (Å²) in [5.74, 6) is 0.583. The lowest BCUT2D eigenvalue weighted by atomic mass is 9.90. The van der Waals surface area contributed by atoms with Gasteiger partial charge < -0.3 is 10.5 Å². The molecule has 1 aliphatic carbocycles. The van der Waals surface area contributed by atoms with Crippen LogP contribution < -0.4 is 10.5 Å². The molecule has 33 heavy (non-hydrogen) atoms. The molecule has 3 heterocycles. The van der Waals surface area contributed by atoms with Gasteiger partial charge in [0.2, 0.25) is 11.8 Å². The van der Waals surface area contributed by atoms with E-state index in [0.29, 0.717) is 17.9 Å². The predicted octanol–water partition coefficient (Wildman–Crippen LogP) is 5.29. The van der Waals surface area contributed by atoms with E-state index in [1.54, 1.807) is 17.5 Å². The number of carbonyl (C=O) groups excluding carboxylic acids is 2. The molecule has 2 N–H and O–H groups in total. The number of ether oxygens (including phenoxy) is 1. The van der Waals surface area contributed by atoms with Gasteiger partial charge in [0, 0.05) is 46.1 Å². The number of thiophene rings is 1. The summed E-state index contributed by atoms with van der Waals surface area (Å²) in [5, 5.41) is 0.639. The summed E-state index contributed by atoms with van der Waals surface area (Å²) in [6.07, 6.45) is 4.14. The van der Waals surface area contributed by atoms with Crippen LogP contribution in [0.2, 0.25) is 5.02 Å². The molecule has 2 aliphatic rings. The molecular formula is C23H24Cl3N3O3S. The highest BCUT2D eigenvalue weighted by Gasteiger charge is 2.30. The summed E-state index contributed by atoms with van der Waals surface area (Å²) >= 11 is 7.95. The Morgan fingerprint density at radius 1 is 1.15 bits per heavy atom. The van der Waals surface area contributed by atoms with Gasteiger partial charge in [-0.3, -0.25) is 19.5 Å². The van der Waals surface area contributed by atoms with Gasteiger partial charge in [-0.1, -0.05) is 11.6 Å². The molecule has 0 radical (unpaired) electrons. The number of pyridine rings is 1. The molecule has 0 atom stereocenters. The second kappa shape index (κ2) is 10.2. The molecule has 10 heteroatoms. The summed E-state index contributed by atoms with van der Waals surface area (Å²) in [5.41, 5.74) is 9.63. The fraction of sp³-hybridized carbons (Fsp3) is 0.348. The second-order valence-electron chi connectivity index (χ2n) is 8.23. The minimum Gasteiger partial charge on any atom is -0.489 e. The number of nitrogens with two attached hydrogens (primary N) is 1. The SMILES string of the molecule is Cc1cc(Cl)cc(-c2ccnc3cc(CN4C(=O)CCC4=O)sc23)c1OC1CC(N)C1.Cl.Cl. The Morgan fingerprint density at radius 2 is 1.85 bits per heavy atom. The molecule has 3 aromatic rings. The number of amides is 2. The zero-order valence-electron chi connectivity index (χ0n) is 17.9. The number of carbonyl (C=O) groups is 2. The Kier molecular flexibility index (Phi) is 7.91.